The lowest BCUT2D eigenvalue weighted by atomic mass is 10.1. The van der Waals surface area contributed by atoms with Gasteiger partial charge in [0.05, 0.1) is 17.1 Å². The number of carbonyl (C=O) groups excluding carboxylic acids is 2. The van der Waals surface area contributed by atoms with E-state index >= 15 is 0 Å². The molecule has 8 heteroatoms. The van der Waals surface area contributed by atoms with Crippen molar-refractivity contribution < 1.29 is 22.7 Å². The Kier molecular flexibility index (Phi) is 7.69. The van der Waals surface area contributed by atoms with Crippen molar-refractivity contribution in [1.29, 1.82) is 0 Å². The number of hydrogen-bond acceptors (Lipinski definition) is 5. The monoisotopic (exact) mass is 458 g/mol. The van der Waals surface area contributed by atoms with Gasteiger partial charge in [-0.3, -0.25) is 4.79 Å². The van der Waals surface area contributed by atoms with Crippen LogP contribution in [0, 0.1) is 13.8 Å². The van der Waals surface area contributed by atoms with Crippen LogP contribution in [0.15, 0.2) is 41.3 Å². The normalized spacial score (nSPS) is 15.1. The molecule has 1 N–H and O–H groups in total. The number of amides is 1. The maximum atomic E-state index is 13.3. The number of esters is 1. The van der Waals surface area contributed by atoms with Crippen molar-refractivity contribution in [1.82, 2.24) is 4.31 Å². The van der Waals surface area contributed by atoms with Crippen molar-refractivity contribution in [3.8, 4) is 0 Å². The second-order valence-corrected chi connectivity index (χ2v) is 9.91. The molecule has 2 aromatic rings. The van der Waals surface area contributed by atoms with Crippen LogP contribution in [0.25, 0.3) is 0 Å². The Labute approximate surface area is 189 Å². The summed E-state index contributed by atoms with van der Waals surface area (Å²) in [7, 11) is -3.69. The molecule has 172 valence electrons. The van der Waals surface area contributed by atoms with Gasteiger partial charge in [0, 0.05) is 24.3 Å². The summed E-state index contributed by atoms with van der Waals surface area (Å²) in [5.74, 6) is -0.911. The highest BCUT2D eigenvalue weighted by Crippen LogP contribution is 2.25. The molecule has 1 amide bonds. The molecule has 2 aromatic carbocycles. The molecule has 3 rings (SSSR count). The van der Waals surface area contributed by atoms with E-state index in [9.17, 15) is 18.0 Å². The van der Waals surface area contributed by atoms with E-state index in [-0.39, 0.29) is 17.1 Å². The molecular weight excluding hydrogens is 428 g/mol. The first-order chi connectivity index (χ1) is 15.2. The van der Waals surface area contributed by atoms with Crippen molar-refractivity contribution in [3.63, 3.8) is 0 Å². The van der Waals surface area contributed by atoms with Gasteiger partial charge in [0.15, 0.2) is 0 Å². The fourth-order valence-electron chi connectivity index (χ4n) is 3.73. The molecule has 1 fully saturated rings. The summed E-state index contributed by atoms with van der Waals surface area (Å²) >= 11 is 0. The molecule has 0 radical (unpaired) electrons. The van der Waals surface area contributed by atoms with E-state index in [1.807, 2.05) is 6.92 Å². The lowest BCUT2D eigenvalue weighted by Crippen LogP contribution is -2.32. The van der Waals surface area contributed by atoms with E-state index in [1.165, 1.54) is 10.4 Å². The van der Waals surface area contributed by atoms with Crippen LogP contribution < -0.4 is 5.32 Å². The number of hydrogen-bond donors (Lipinski definition) is 1. The molecule has 0 saturated carbocycles. The maximum absolute atomic E-state index is 13.3. The van der Waals surface area contributed by atoms with Gasteiger partial charge in [0.1, 0.15) is 0 Å². The molecule has 0 atom stereocenters. The van der Waals surface area contributed by atoms with E-state index in [4.69, 9.17) is 4.74 Å². The molecule has 0 aliphatic carbocycles. The van der Waals surface area contributed by atoms with E-state index in [2.05, 4.69) is 5.32 Å². The number of rotatable bonds is 6. The van der Waals surface area contributed by atoms with Crippen LogP contribution >= 0.6 is 0 Å². The van der Waals surface area contributed by atoms with Crippen molar-refractivity contribution in [3.05, 3.63) is 58.7 Å². The molecule has 32 heavy (non-hydrogen) atoms. The molecule has 1 aliphatic heterocycles. The van der Waals surface area contributed by atoms with Crippen LogP contribution in [-0.2, 0) is 14.8 Å². The molecule has 0 aromatic heterocycles. The highest BCUT2D eigenvalue weighted by atomic mass is 32.2. The number of ether oxygens (including phenoxy) is 1. The van der Waals surface area contributed by atoms with Crippen LogP contribution in [0.5, 0.6) is 0 Å². The van der Waals surface area contributed by atoms with Crippen molar-refractivity contribution >= 4 is 27.6 Å². The minimum absolute atomic E-state index is 0.157. The maximum Gasteiger partial charge on any atom is 0.338 e. The predicted octanol–water partition coefficient (Wildman–Crippen LogP) is 4.30. The molecular formula is C24H30N2O5S. The van der Waals surface area contributed by atoms with Crippen LogP contribution in [0.4, 0.5) is 5.69 Å². The molecule has 0 unspecified atom stereocenters. The number of nitrogens with zero attached hydrogens (tertiary/aromatic N) is 1. The van der Waals surface area contributed by atoms with Crippen LogP contribution in [0.2, 0.25) is 0 Å². The standard InChI is InChI=1S/C24H30N2O5S/c1-4-31-24(28)20-12-9-17(2)21(15-20)25-23(27)19-11-10-18(3)22(16-19)32(29,30)26-13-7-5-6-8-14-26/h9-12,15-16H,4-8,13-14H2,1-3H3,(H,25,27). The van der Waals surface area contributed by atoms with E-state index in [1.54, 1.807) is 44.2 Å². The number of nitrogens with one attached hydrogen (secondary N) is 1. The number of aryl methyl sites for hydroxylation is 2. The Hall–Kier alpha value is -2.71. The summed E-state index contributed by atoms with van der Waals surface area (Å²) in [6.45, 7) is 6.53. The van der Waals surface area contributed by atoms with Crippen molar-refractivity contribution in [2.24, 2.45) is 0 Å². The first kappa shape index (κ1) is 23.9. The summed E-state index contributed by atoms with van der Waals surface area (Å²) < 4.78 is 33.1. The van der Waals surface area contributed by atoms with Gasteiger partial charge >= 0.3 is 5.97 Å². The Morgan fingerprint density at radius 1 is 0.938 bits per heavy atom. The van der Waals surface area contributed by atoms with Crippen LogP contribution in [0.1, 0.15) is 64.4 Å². The summed E-state index contributed by atoms with van der Waals surface area (Å²) in [5.41, 5.74) is 2.42. The lowest BCUT2D eigenvalue weighted by Gasteiger charge is -2.21. The fourth-order valence-corrected chi connectivity index (χ4v) is 5.50. The molecule has 1 saturated heterocycles. The zero-order valence-corrected chi connectivity index (χ0v) is 19.6. The van der Waals surface area contributed by atoms with Crippen molar-refractivity contribution in [2.45, 2.75) is 51.3 Å². The summed E-state index contributed by atoms with van der Waals surface area (Å²) in [5, 5.41) is 2.80. The Morgan fingerprint density at radius 3 is 2.22 bits per heavy atom. The Bertz CT molecular complexity index is 1100. The van der Waals surface area contributed by atoms with Crippen LogP contribution in [0.3, 0.4) is 0 Å². The van der Waals surface area contributed by atoms with Gasteiger partial charge < -0.3 is 10.1 Å². The minimum atomic E-state index is -3.69. The van der Waals surface area contributed by atoms with Gasteiger partial charge in [0.2, 0.25) is 10.0 Å². The third-order valence-corrected chi connectivity index (χ3v) is 7.67. The van der Waals surface area contributed by atoms with Crippen LogP contribution in [-0.4, -0.2) is 44.3 Å². The molecule has 0 bridgehead atoms. The molecule has 0 spiro atoms. The van der Waals surface area contributed by atoms with Gasteiger partial charge in [-0.25, -0.2) is 13.2 Å². The summed E-state index contributed by atoms with van der Waals surface area (Å²) in [6.07, 6.45) is 3.73. The predicted molar refractivity (Wildman–Crippen MR) is 123 cm³/mol. The quantitative estimate of drug-likeness (QED) is 0.652. The highest BCUT2D eigenvalue weighted by Gasteiger charge is 2.27. The Morgan fingerprint density at radius 2 is 1.56 bits per heavy atom. The van der Waals surface area contributed by atoms with E-state index < -0.39 is 21.9 Å². The zero-order valence-electron chi connectivity index (χ0n) is 18.8. The number of carbonyl (C=O) groups is 2. The Balaban J connectivity index is 1.87. The third kappa shape index (κ3) is 5.37. The second-order valence-electron chi connectivity index (χ2n) is 8.00. The van der Waals surface area contributed by atoms with Crippen molar-refractivity contribution in [2.75, 3.05) is 25.0 Å². The zero-order chi connectivity index (χ0) is 23.3. The molecule has 1 heterocycles. The lowest BCUT2D eigenvalue weighted by molar-refractivity contribution is 0.0526. The van der Waals surface area contributed by atoms with Gasteiger partial charge in [-0.05, 0) is 69.0 Å². The van der Waals surface area contributed by atoms with Gasteiger partial charge in [-0.15, -0.1) is 0 Å². The average Bonchev–Trinajstić information content (AvgIpc) is 3.06. The molecule has 7 nitrogen and oxygen atoms in total. The molecule has 1 aliphatic rings. The average molecular weight is 459 g/mol. The SMILES string of the molecule is CCOC(=O)c1ccc(C)c(NC(=O)c2ccc(C)c(S(=O)(=O)N3CCCCCC3)c2)c1. The van der Waals surface area contributed by atoms with Gasteiger partial charge in [-0.2, -0.15) is 4.31 Å². The summed E-state index contributed by atoms with van der Waals surface area (Å²) in [4.78, 5) is 25.1. The van der Waals surface area contributed by atoms with E-state index in [0.717, 1.165) is 31.2 Å². The second kappa shape index (κ2) is 10.3. The van der Waals surface area contributed by atoms with Gasteiger partial charge in [-0.1, -0.05) is 25.0 Å². The number of sulfonamides is 1. The fraction of sp³-hybridized carbons (Fsp3) is 0.417. The minimum Gasteiger partial charge on any atom is -0.462 e. The first-order valence-corrected chi connectivity index (χ1v) is 12.4. The highest BCUT2D eigenvalue weighted by molar-refractivity contribution is 7.89. The number of benzene rings is 2. The van der Waals surface area contributed by atoms with Gasteiger partial charge in [0.25, 0.3) is 5.91 Å². The smallest absolute Gasteiger partial charge is 0.338 e. The third-order valence-electron chi connectivity index (χ3n) is 5.63. The van der Waals surface area contributed by atoms with E-state index in [0.29, 0.717) is 29.9 Å². The topological polar surface area (TPSA) is 92.8 Å². The largest absolute Gasteiger partial charge is 0.462 e. The first-order valence-electron chi connectivity index (χ1n) is 10.9. The summed E-state index contributed by atoms with van der Waals surface area (Å²) in [6, 6.07) is 9.63. The number of anilines is 1.